The summed E-state index contributed by atoms with van der Waals surface area (Å²) in [7, 11) is 0. The predicted octanol–water partition coefficient (Wildman–Crippen LogP) is 1.84. The quantitative estimate of drug-likeness (QED) is 0.379. The van der Waals surface area contributed by atoms with Crippen molar-refractivity contribution in [1.29, 1.82) is 0 Å². The van der Waals surface area contributed by atoms with E-state index in [0.29, 0.717) is 45.4 Å². The molecule has 0 spiro atoms. The maximum Gasteiger partial charge on any atom is 0.275 e. The van der Waals surface area contributed by atoms with Crippen molar-refractivity contribution in [1.82, 2.24) is 24.1 Å². The summed E-state index contributed by atoms with van der Waals surface area (Å²) in [6.07, 6.45) is 0.465. The number of aryl methyl sites for hydroxylation is 1. The van der Waals surface area contributed by atoms with Crippen molar-refractivity contribution in [2.24, 2.45) is 0 Å². The van der Waals surface area contributed by atoms with Gasteiger partial charge in [-0.15, -0.1) is 0 Å². The molecule has 0 unspecified atom stereocenters. The van der Waals surface area contributed by atoms with E-state index in [4.69, 9.17) is 5.11 Å². The molecule has 0 aliphatic rings. The highest BCUT2D eigenvalue weighted by Gasteiger charge is 2.14. The lowest BCUT2D eigenvalue weighted by atomic mass is 10.2. The SMILES string of the molecule is Cc1cc(=O)n2nc(CSc3nc4ccccc4c(=O)n3CCCO)sc2n1. The Morgan fingerprint density at radius 3 is 2.86 bits per heavy atom. The fraction of sp³-hybridized carbons (Fsp3) is 0.278. The Balaban J connectivity index is 1.70. The van der Waals surface area contributed by atoms with E-state index in [0.717, 1.165) is 5.01 Å². The van der Waals surface area contributed by atoms with Crippen LogP contribution in [0.25, 0.3) is 15.9 Å². The van der Waals surface area contributed by atoms with Crippen LogP contribution in [0.1, 0.15) is 17.1 Å². The smallest absolute Gasteiger partial charge is 0.275 e. The molecule has 0 saturated heterocycles. The van der Waals surface area contributed by atoms with E-state index in [2.05, 4.69) is 15.1 Å². The molecule has 1 N–H and O–H groups in total. The van der Waals surface area contributed by atoms with Gasteiger partial charge in [-0.25, -0.2) is 9.97 Å². The number of rotatable bonds is 6. The van der Waals surface area contributed by atoms with Crippen LogP contribution < -0.4 is 11.1 Å². The van der Waals surface area contributed by atoms with Crippen molar-refractivity contribution in [2.45, 2.75) is 30.8 Å². The second-order valence-electron chi connectivity index (χ2n) is 6.16. The molecule has 4 rings (SSSR count). The van der Waals surface area contributed by atoms with Gasteiger partial charge in [-0.1, -0.05) is 35.2 Å². The van der Waals surface area contributed by atoms with Gasteiger partial charge in [0.1, 0.15) is 5.01 Å². The van der Waals surface area contributed by atoms with Crippen molar-refractivity contribution >= 4 is 39.0 Å². The largest absolute Gasteiger partial charge is 0.396 e. The molecule has 8 nitrogen and oxygen atoms in total. The van der Waals surface area contributed by atoms with Gasteiger partial charge in [0.05, 0.1) is 16.7 Å². The first-order chi connectivity index (χ1) is 13.6. The molecule has 28 heavy (non-hydrogen) atoms. The van der Waals surface area contributed by atoms with Crippen LogP contribution in [0.4, 0.5) is 0 Å². The highest BCUT2D eigenvalue weighted by Crippen LogP contribution is 2.24. The van der Waals surface area contributed by atoms with Gasteiger partial charge in [-0.2, -0.15) is 9.61 Å². The summed E-state index contributed by atoms with van der Waals surface area (Å²) in [5, 5.41) is 15.3. The predicted molar refractivity (Wildman–Crippen MR) is 109 cm³/mol. The first-order valence-corrected chi connectivity index (χ1v) is 10.5. The summed E-state index contributed by atoms with van der Waals surface area (Å²) >= 11 is 2.72. The summed E-state index contributed by atoms with van der Waals surface area (Å²) < 4.78 is 2.88. The van der Waals surface area contributed by atoms with Gasteiger partial charge in [-0.05, 0) is 25.5 Å². The minimum Gasteiger partial charge on any atom is -0.396 e. The molecule has 3 aromatic heterocycles. The van der Waals surface area contributed by atoms with E-state index < -0.39 is 0 Å². The van der Waals surface area contributed by atoms with Gasteiger partial charge in [0.15, 0.2) is 5.16 Å². The topological polar surface area (TPSA) is 102 Å². The number of para-hydroxylation sites is 1. The summed E-state index contributed by atoms with van der Waals surface area (Å²) in [4.78, 5) is 34.4. The fourth-order valence-corrected chi connectivity index (χ4v) is 4.78. The van der Waals surface area contributed by atoms with Crippen molar-refractivity contribution in [3.8, 4) is 0 Å². The monoisotopic (exact) mass is 415 g/mol. The van der Waals surface area contributed by atoms with Crippen LogP contribution in [0.5, 0.6) is 0 Å². The van der Waals surface area contributed by atoms with Crippen LogP contribution in [0.15, 0.2) is 45.1 Å². The minimum atomic E-state index is -0.210. The zero-order valence-electron chi connectivity index (χ0n) is 15.0. The van der Waals surface area contributed by atoms with Crippen molar-refractivity contribution in [2.75, 3.05) is 6.61 Å². The molecule has 0 radical (unpaired) electrons. The lowest BCUT2D eigenvalue weighted by Crippen LogP contribution is -2.24. The van der Waals surface area contributed by atoms with Gasteiger partial charge in [0, 0.05) is 24.9 Å². The lowest BCUT2D eigenvalue weighted by molar-refractivity contribution is 0.276. The van der Waals surface area contributed by atoms with E-state index in [1.807, 2.05) is 12.1 Å². The Morgan fingerprint density at radius 2 is 2.04 bits per heavy atom. The van der Waals surface area contributed by atoms with Crippen LogP contribution in [-0.2, 0) is 12.3 Å². The summed E-state index contributed by atoms with van der Waals surface area (Å²) in [6.45, 7) is 2.15. The first-order valence-electron chi connectivity index (χ1n) is 8.66. The van der Waals surface area contributed by atoms with Gasteiger partial charge in [-0.3, -0.25) is 14.2 Å². The second-order valence-corrected chi connectivity index (χ2v) is 8.14. The average Bonchev–Trinajstić information content (AvgIpc) is 3.09. The maximum absolute atomic E-state index is 12.8. The number of thioether (sulfide) groups is 1. The molecular formula is C18H17N5O3S2. The first kappa shape index (κ1) is 18.8. The van der Waals surface area contributed by atoms with Crippen molar-refractivity contribution < 1.29 is 5.11 Å². The Morgan fingerprint density at radius 1 is 1.21 bits per heavy atom. The minimum absolute atomic E-state index is 0.00478. The van der Waals surface area contributed by atoms with E-state index in [1.165, 1.54) is 33.7 Å². The van der Waals surface area contributed by atoms with Crippen LogP contribution in [0, 0.1) is 6.92 Å². The van der Waals surface area contributed by atoms with Gasteiger partial charge >= 0.3 is 0 Å². The Hall–Kier alpha value is -2.56. The lowest BCUT2D eigenvalue weighted by Gasteiger charge is -2.12. The van der Waals surface area contributed by atoms with Gasteiger partial charge in [0.25, 0.3) is 11.1 Å². The van der Waals surface area contributed by atoms with E-state index >= 15 is 0 Å². The van der Waals surface area contributed by atoms with Crippen molar-refractivity contribution in [3.05, 3.63) is 61.7 Å². The number of aromatic nitrogens is 5. The fourth-order valence-electron chi connectivity index (χ4n) is 2.83. The van der Waals surface area contributed by atoms with Gasteiger partial charge < -0.3 is 5.11 Å². The second kappa shape index (κ2) is 7.82. The number of aliphatic hydroxyl groups is 1. The molecular weight excluding hydrogens is 398 g/mol. The molecule has 144 valence electrons. The third-order valence-corrected chi connectivity index (χ3v) is 6.18. The molecule has 0 atom stereocenters. The summed E-state index contributed by atoms with van der Waals surface area (Å²) in [6, 6.07) is 8.66. The van der Waals surface area contributed by atoms with Crippen LogP contribution in [0.3, 0.4) is 0 Å². The Kier molecular flexibility index (Phi) is 5.25. The number of nitrogens with zero attached hydrogens (tertiary/aromatic N) is 5. The van der Waals surface area contributed by atoms with E-state index in [1.54, 1.807) is 23.6 Å². The molecule has 0 amide bonds. The molecule has 0 bridgehead atoms. The molecule has 1 aromatic carbocycles. The highest BCUT2D eigenvalue weighted by atomic mass is 32.2. The zero-order chi connectivity index (χ0) is 19.7. The number of hydrogen-bond acceptors (Lipinski definition) is 8. The zero-order valence-corrected chi connectivity index (χ0v) is 16.7. The van der Waals surface area contributed by atoms with Crippen LogP contribution in [-0.4, -0.2) is 35.9 Å². The average molecular weight is 416 g/mol. The standard InChI is InChI=1S/C18H17N5O3S2/c1-11-9-15(25)23-18(19-11)28-14(21-23)10-27-17-20-13-6-3-2-5-12(13)16(26)22(17)7-4-8-24/h2-3,5-6,9,24H,4,7-8,10H2,1H3. The third kappa shape index (κ3) is 3.58. The van der Waals surface area contributed by atoms with Gasteiger partial charge in [0.2, 0.25) is 4.96 Å². The number of fused-ring (bicyclic) bond motifs is 2. The molecule has 4 aromatic rings. The van der Waals surface area contributed by atoms with E-state index in [-0.39, 0.29) is 17.7 Å². The number of hydrogen-bond donors (Lipinski definition) is 1. The maximum atomic E-state index is 12.8. The molecule has 0 aliphatic heterocycles. The van der Waals surface area contributed by atoms with E-state index in [9.17, 15) is 9.59 Å². The van der Waals surface area contributed by atoms with Crippen LogP contribution >= 0.6 is 23.1 Å². The third-order valence-electron chi connectivity index (χ3n) is 4.11. The molecule has 10 heteroatoms. The number of benzene rings is 1. The molecule has 3 heterocycles. The number of aliphatic hydroxyl groups excluding tert-OH is 1. The molecule has 0 aliphatic carbocycles. The normalized spacial score (nSPS) is 11.5. The summed E-state index contributed by atoms with van der Waals surface area (Å²) in [5.74, 6) is 0.455. The molecule has 0 fully saturated rings. The van der Waals surface area contributed by atoms with Crippen LogP contribution in [0.2, 0.25) is 0 Å². The Bertz CT molecular complexity index is 1280. The van der Waals surface area contributed by atoms with Crippen molar-refractivity contribution in [3.63, 3.8) is 0 Å². The summed E-state index contributed by atoms with van der Waals surface area (Å²) in [5.41, 5.74) is 0.952. The Labute approximate surface area is 167 Å². The highest BCUT2D eigenvalue weighted by molar-refractivity contribution is 7.98. The molecule has 0 saturated carbocycles.